The molecule has 5 heteroatoms. The van der Waals surface area contributed by atoms with Crippen LogP contribution in [-0.2, 0) is 9.53 Å². The first-order chi connectivity index (χ1) is 9.54. The molecule has 21 heavy (non-hydrogen) atoms. The summed E-state index contributed by atoms with van der Waals surface area (Å²) in [5.41, 5.74) is 0.858. The van der Waals surface area contributed by atoms with Crippen LogP contribution in [0, 0.1) is 0 Å². The van der Waals surface area contributed by atoms with Gasteiger partial charge in [-0.25, -0.2) is 4.79 Å². The quantitative estimate of drug-likeness (QED) is 0.476. The second kappa shape index (κ2) is 10.2. The molecule has 0 spiro atoms. The Balaban J connectivity index is 0.00000400. The van der Waals surface area contributed by atoms with Gasteiger partial charge in [0, 0.05) is 11.6 Å². The van der Waals surface area contributed by atoms with Gasteiger partial charge in [0.05, 0.1) is 20.2 Å². The summed E-state index contributed by atoms with van der Waals surface area (Å²) in [5.74, 6) is 0.410. The highest BCUT2D eigenvalue weighted by atomic mass is 35.5. The lowest BCUT2D eigenvalue weighted by Crippen LogP contribution is -3.12. The Morgan fingerprint density at radius 2 is 2.00 bits per heavy atom. The number of esters is 1. The molecular weight excluding hydrogens is 290 g/mol. The molecule has 1 rings (SSSR count). The van der Waals surface area contributed by atoms with Gasteiger partial charge in [0.1, 0.15) is 18.9 Å². The second-order valence-corrected chi connectivity index (χ2v) is 4.99. The minimum atomic E-state index is -0.326. The van der Waals surface area contributed by atoms with Crippen molar-refractivity contribution in [1.29, 1.82) is 0 Å². The van der Waals surface area contributed by atoms with Crippen molar-refractivity contribution in [2.75, 3.05) is 27.3 Å². The Labute approximate surface area is 133 Å². The average Bonchev–Trinajstić information content (AvgIpc) is 2.45. The molecule has 0 bridgehead atoms. The van der Waals surface area contributed by atoms with Crippen molar-refractivity contribution in [3.63, 3.8) is 0 Å². The lowest BCUT2D eigenvalue weighted by molar-refractivity contribution is -0.901. The smallest absolute Gasteiger partial charge is 0.330 e. The van der Waals surface area contributed by atoms with Gasteiger partial charge in [-0.3, -0.25) is 0 Å². The fourth-order valence-electron chi connectivity index (χ4n) is 1.61. The number of methoxy groups -OCH3 is 1. The molecular formula is C16H24ClNO3. The number of likely N-dealkylation sites (N-methyl/N-ethyl adjacent to an activating group) is 1. The predicted molar refractivity (Wildman–Crippen MR) is 79.9 cm³/mol. The van der Waals surface area contributed by atoms with Crippen LogP contribution in [0.4, 0.5) is 0 Å². The maximum atomic E-state index is 11.6. The van der Waals surface area contributed by atoms with Crippen LogP contribution in [0.1, 0.15) is 19.4 Å². The first-order valence-electron chi connectivity index (χ1n) is 6.84. The van der Waals surface area contributed by atoms with Crippen LogP contribution in [0.2, 0.25) is 0 Å². The molecule has 0 aliphatic carbocycles. The Bertz CT molecular complexity index is 461. The van der Waals surface area contributed by atoms with E-state index in [1.54, 1.807) is 13.2 Å². The summed E-state index contributed by atoms with van der Waals surface area (Å²) in [6.45, 7) is 5.52. The Hall–Kier alpha value is -1.52. The van der Waals surface area contributed by atoms with Gasteiger partial charge in [0.2, 0.25) is 0 Å². The number of para-hydroxylation sites is 1. The fourth-order valence-corrected chi connectivity index (χ4v) is 1.61. The Morgan fingerprint density at radius 3 is 2.62 bits per heavy atom. The molecule has 1 aromatic rings. The van der Waals surface area contributed by atoms with E-state index in [9.17, 15) is 4.79 Å². The summed E-state index contributed by atoms with van der Waals surface area (Å²) in [6.07, 6.45) is 3.14. The molecule has 0 saturated heterocycles. The average molecular weight is 314 g/mol. The number of carbonyl (C=O) groups is 1. The zero-order valence-corrected chi connectivity index (χ0v) is 13.8. The van der Waals surface area contributed by atoms with Crippen LogP contribution in [0.25, 0.3) is 6.08 Å². The van der Waals surface area contributed by atoms with Crippen molar-refractivity contribution >= 4 is 12.0 Å². The second-order valence-electron chi connectivity index (χ2n) is 4.99. The molecule has 0 fully saturated rings. The van der Waals surface area contributed by atoms with E-state index in [1.165, 1.54) is 11.0 Å². The molecule has 1 N–H and O–H groups in total. The summed E-state index contributed by atoms with van der Waals surface area (Å²) in [5, 5.41) is 0. The van der Waals surface area contributed by atoms with Crippen molar-refractivity contribution < 1.29 is 31.6 Å². The summed E-state index contributed by atoms with van der Waals surface area (Å²) in [4.78, 5) is 12.9. The largest absolute Gasteiger partial charge is 1.00 e. The molecule has 0 radical (unpaired) electrons. The zero-order chi connectivity index (χ0) is 15.0. The van der Waals surface area contributed by atoms with E-state index >= 15 is 0 Å². The first kappa shape index (κ1) is 19.5. The van der Waals surface area contributed by atoms with Crippen molar-refractivity contribution in [2.24, 2.45) is 0 Å². The third kappa shape index (κ3) is 7.16. The van der Waals surface area contributed by atoms with Gasteiger partial charge in [-0.1, -0.05) is 18.2 Å². The number of hydrogen-bond acceptors (Lipinski definition) is 3. The first-order valence-corrected chi connectivity index (χ1v) is 6.84. The van der Waals surface area contributed by atoms with Gasteiger partial charge in [-0.05, 0) is 26.0 Å². The number of hydrogen-bond donors (Lipinski definition) is 1. The molecule has 4 nitrogen and oxygen atoms in total. The molecule has 0 amide bonds. The van der Waals surface area contributed by atoms with Crippen molar-refractivity contribution in [2.45, 2.75) is 19.9 Å². The molecule has 0 aromatic heterocycles. The fraction of sp³-hybridized carbons (Fsp3) is 0.438. The van der Waals surface area contributed by atoms with Gasteiger partial charge in [-0.15, -0.1) is 0 Å². The van der Waals surface area contributed by atoms with E-state index in [-0.39, 0.29) is 18.4 Å². The van der Waals surface area contributed by atoms with Crippen LogP contribution in [0.3, 0.4) is 0 Å². The van der Waals surface area contributed by atoms with Gasteiger partial charge in [-0.2, -0.15) is 0 Å². The van der Waals surface area contributed by atoms with E-state index in [0.717, 1.165) is 17.9 Å². The van der Waals surface area contributed by atoms with E-state index in [1.807, 2.05) is 24.3 Å². The molecule has 118 valence electrons. The van der Waals surface area contributed by atoms with Crippen molar-refractivity contribution in [1.82, 2.24) is 0 Å². The van der Waals surface area contributed by atoms with Crippen LogP contribution in [-0.4, -0.2) is 39.3 Å². The number of benzene rings is 1. The molecule has 0 aliphatic heterocycles. The predicted octanol–water partition coefficient (Wildman–Crippen LogP) is -1.82. The number of carbonyl (C=O) groups excluding carboxylic acids is 1. The Kier molecular flexibility index (Phi) is 9.50. The minimum Gasteiger partial charge on any atom is -1.00 e. The lowest BCUT2D eigenvalue weighted by Gasteiger charge is -2.17. The zero-order valence-electron chi connectivity index (χ0n) is 13.1. The van der Waals surface area contributed by atoms with E-state index < -0.39 is 0 Å². The molecule has 1 unspecified atom stereocenters. The SMILES string of the molecule is COc1ccccc1C=CC(=O)OCC[NH+](C)C(C)C.[Cl-]. The number of halogens is 1. The highest BCUT2D eigenvalue weighted by Crippen LogP contribution is 2.18. The van der Waals surface area contributed by atoms with Gasteiger partial charge < -0.3 is 26.8 Å². The highest BCUT2D eigenvalue weighted by molar-refractivity contribution is 5.87. The minimum absolute atomic E-state index is 0. The third-order valence-corrected chi connectivity index (χ3v) is 3.26. The summed E-state index contributed by atoms with van der Waals surface area (Å²) >= 11 is 0. The van der Waals surface area contributed by atoms with Crippen molar-refractivity contribution in [3.05, 3.63) is 35.9 Å². The van der Waals surface area contributed by atoms with Crippen molar-refractivity contribution in [3.8, 4) is 5.75 Å². The number of quaternary nitrogens is 1. The maximum Gasteiger partial charge on any atom is 0.330 e. The third-order valence-electron chi connectivity index (χ3n) is 3.26. The number of ether oxygens (including phenoxy) is 2. The molecule has 0 heterocycles. The summed E-state index contributed by atoms with van der Waals surface area (Å²) < 4.78 is 10.4. The standard InChI is InChI=1S/C16H23NO3.ClH/c1-13(2)17(3)11-12-20-16(18)10-9-14-7-5-6-8-15(14)19-4;/h5-10,13H,11-12H2,1-4H3;1H. The van der Waals surface area contributed by atoms with Gasteiger partial charge in [0.25, 0.3) is 0 Å². The van der Waals surface area contributed by atoms with Gasteiger partial charge >= 0.3 is 5.97 Å². The lowest BCUT2D eigenvalue weighted by atomic mass is 10.2. The molecule has 0 aliphatic rings. The Morgan fingerprint density at radius 1 is 1.33 bits per heavy atom. The number of rotatable bonds is 7. The van der Waals surface area contributed by atoms with Gasteiger partial charge in [0.15, 0.2) is 0 Å². The molecule has 1 aromatic carbocycles. The van der Waals surface area contributed by atoms with E-state index in [0.29, 0.717) is 12.6 Å². The monoisotopic (exact) mass is 313 g/mol. The number of nitrogens with one attached hydrogen (secondary N) is 1. The highest BCUT2D eigenvalue weighted by Gasteiger charge is 2.07. The molecule has 1 atom stereocenters. The van der Waals surface area contributed by atoms with Crippen LogP contribution < -0.4 is 22.0 Å². The summed E-state index contributed by atoms with van der Waals surface area (Å²) in [7, 11) is 3.69. The van der Waals surface area contributed by atoms with Crippen LogP contribution in [0.15, 0.2) is 30.3 Å². The van der Waals surface area contributed by atoms with E-state index in [2.05, 4.69) is 20.9 Å². The maximum absolute atomic E-state index is 11.6. The topological polar surface area (TPSA) is 40.0 Å². The summed E-state index contributed by atoms with van der Waals surface area (Å²) in [6, 6.07) is 8.05. The van der Waals surface area contributed by atoms with Crippen LogP contribution >= 0.6 is 0 Å². The molecule has 0 saturated carbocycles. The normalized spacial score (nSPS) is 12.0. The van der Waals surface area contributed by atoms with E-state index in [4.69, 9.17) is 9.47 Å². The van der Waals surface area contributed by atoms with Crippen LogP contribution in [0.5, 0.6) is 5.75 Å².